The van der Waals surface area contributed by atoms with Crippen LogP contribution in [0.2, 0.25) is 0 Å². The maximum Gasteiger partial charge on any atom is 0.374 e. The minimum Gasteiger partial charge on any atom is -0.497 e. The summed E-state index contributed by atoms with van der Waals surface area (Å²) in [6.07, 6.45) is 1.77. The van der Waals surface area contributed by atoms with Crippen molar-refractivity contribution in [1.29, 1.82) is 0 Å². The number of hydrogen-bond acceptors (Lipinski definition) is 9. The largest absolute Gasteiger partial charge is 0.497 e. The first-order valence-corrected chi connectivity index (χ1v) is 11.7. The standard InChI is InChI=1S/C26H20N6O6/c1-3-37-25(33)22-11-9-18(38-22)13-30-21-12-16(32(34)35)6-10-19(21)23-24(30)28-26-27-20(14-31(26)29-23)15-4-7-17(36-2)8-5-15/h4-12,14H,3,13H2,1-2H3. The molecule has 4 aromatic heterocycles. The van der Waals surface area contributed by atoms with Gasteiger partial charge in [0.2, 0.25) is 5.76 Å². The summed E-state index contributed by atoms with van der Waals surface area (Å²) in [6.45, 7) is 2.08. The molecule has 0 amide bonds. The molecule has 0 fully saturated rings. The van der Waals surface area contributed by atoms with E-state index in [0.29, 0.717) is 39.3 Å². The van der Waals surface area contributed by atoms with Crippen molar-refractivity contribution in [2.75, 3.05) is 13.7 Å². The van der Waals surface area contributed by atoms with E-state index in [2.05, 4.69) is 4.98 Å². The number of carbonyl (C=O) groups excluding carboxylic acids is 1. The minimum absolute atomic E-state index is 0.0689. The van der Waals surface area contributed by atoms with E-state index < -0.39 is 10.9 Å². The van der Waals surface area contributed by atoms with Gasteiger partial charge < -0.3 is 18.5 Å². The molecule has 0 atom stereocenters. The number of nitrogens with zero attached hydrogens (tertiary/aromatic N) is 6. The van der Waals surface area contributed by atoms with Gasteiger partial charge in [-0.25, -0.2) is 14.3 Å². The molecule has 38 heavy (non-hydrogen) atoms. The van der Waals surface area contributed by atoms with Crippen molar-refractivity contribution >= 4 is 39.5 Å². The van der Waals surface area contributed by atoms with Gasteiger partial charge in [-0.1, -0.05) is 0 Å². The maximum absolute atomic E-state index is 12.1. The number of methoxy groups -OCH3 is 1. The summed E-state index contributed by atoms with van der Waals surface area (Å²) in [7, 11) is 1.61. The lowest BCUT2D eigenvalue weighted by Gasteiger charge is -2.04. The number of furan rings is 1. The molecular weight excluding hydrogens is 492 g/mol. The minimum atomic E-state index is -0.568. The lowest BCUT2D eigenvalue weighted by atomic mass is 10.2. The Kier molecular flexibility index (Phi) is 5.48. The Bertz CT molecular complexity index is 1850. The van der Waals surface area contributed by atoms with Crippen LogP contribution in [-0.4, -0.2) is 48.8 Å². The number of benzene rings is 2. The number of aromatic nitrogens is 5. The zero-order valence-corrected chi connectivity index (χ0v) is 20.3. The monoisotopic (exact) mass is 512 g/mol. The normalized spacial score (nSPS) is 11.4. The van der Waals surface area contributed by atoms with E-state index in [1.807, 2.05) is 24.3 Å². The summed E-state index contributed by atoms with van der Waals surface area (Å²) in [5, 5.41) is 16.9. The van der Waals surface area contributed by atoms with Crippen LogP contribution in [0.5, 0.6) is 5.75 Å². The van der Waals surface area contributed by atoms with E-state index >= 15 is 0 Å². The van der Waals surface area contributed by atoms with Gasteiger partial charge in [0.1, 0.15) is 17.0 Å². The third kappa shape index (κ3) is 3.88. The van der Waals surface area contributed by atoms with E-state index in [-0.39, 0.29) is 24.6 Å². The fraction of sp³-hybridized carbons (Fsp3) is 0.154. The molecule has 0 saturated carbocycles. The average Bonchev–Trinajstić information content (AvgIpc) is 3.64. The number of ether oxygens (including phenoxy) is 2. The van der Waals surface area contributed by atoms with Crippen molar-refractivity contribution in [2.45, 2.75) is 13.5 Å². The Balaban J connectivity index is 1.50. The van der Waals surface area contributed by atoms with Gasteiger partial charge in [0, 0.05) is 23.1 Å². The van der Waals surface area contributed by atoms with Crippen molar-refractivity contribution in [2.24, 2.45) is 0 Å². The third-order valence-electron chi connectivity index (χ3n) is 6.13. The molecule has 12 heteroatoms. The van der Waals surface area contributed by atoms with Crippen LogP contribution in [0.25, 0.3) is 39.1 Å². The van der Waals surface area contributed by atoms with Crippen molar-refractivity contribution in [3.8, 4) is 17.0 Å². The molecule has 6 rings (SSSR count). The number of rotatable bonds is 7. The highest BCUT2D eigenvalue weighted by Gasteiger charge is 2.21. The van der Waals surface area contributed by atoms with Gasteiger partial charge in [0.25, 0.3) is 11.5 Å². The lowest BCUT2D eigenvalue weighted by Crippen LogP contribution is -2.04. The number of carbonyl (C=O) groups is 1. The summed E-state index contributed by atoms with van der Waals surface area (Å²) in [4.78, 5) is 32.5. The topological polar surface area (TPSA) is 140 Å². The molecule has 6 aromatic rings. The molecule has 0 saturated heterocycles. The first kappa shape index (κ1) is 23.2. The molecule has 0 aliphatic heterocycles. The lowest BCUT2D eigenvalue weighted by molar-refractivity contribution is -0.384. The summed E-state index contributed by atoms with van der Waals surface area (Å²) in [6, 6.07) is 15.2. The van der Waals surface area contributed by atoms with Crippen LogP contribution < -0.4 is 4.74 Å². The van der Waals surface area contributed by atoms with Gasteiger partial charge in [0.05, 0.1) is 42.6 Å². The predicted octanol–water partition coefficient (Wildman–Crippen LogP) is 4.63. The number of fused-ring (bicyclic) bond motifs is 4. The summed E-state index contributed by atoms with van der Waals surface area (Å²) in [5.74, 6) is 1.04. The molecule has 0 unspecified atom stereocenters. The van der Waals surface area contributed by atoms with Crippen molar-refractivity contribution in [1.82, 2.24) is 24.1 Å². The van der Waals surface area contributed by atoms with Gasteiger partial charge in [-0.05, 0) is 49.4 Å². The number of hydrogen-bond donors (Lipinski definition) is 0. The fourth-order valence-electron chi connectivity index (χ4n) is 4.34. The van der Waals surface area contributed by atoms with Crippen LogP contribution in [0.3, 0.4) is 0 Å². The molecule has 0 bridgehead atoms. The summed E-state index contributed by atoms with van der Waals surface area (Å²) < 4.78 is 19.3. The summed E-state index contributed by atoms with van der Waals surface area (Å²) in [5.41, 5.74) is 3.03. The highest BCUT2D eigenvalue weighted by Crippen LogP contribution is 2.31. The van der Waals surface area contributed by atoms with Crippen LogP contribution in [0.4, 0.5) is 5.69 Å². The van der Waals surface area contributed by atoms with E-state index in [9.17, 15) is 14.9 Å². The Morgan fingerprint density at radius 3 is 2.66 bits per heavy atom. The average molecular weight is 512 g/mol. The highest BCUT2D eigenvalue weighted by atomic mass is 16.6. The molecule has 0 aliphatic rings. The van der Waals surface area contributed by atoms with Crippen LogP contribution in [0, 0.1) is 10.1 Å². The highest BCUT2D eigenvalue weighted by molar-refractivity contribution is 6.05. The van der Waals surface area contributed by atoms with Crippen molar-refractivity contribution < 1.29 is 23.6 Å². The zero-order chi connectivity index (χ0) is 26.4. The predicted molar refractivity (Wildman–Crippen MR) is 136 cm³/mol. The number of non-ortho nitro benzene ring substituents is 1. The van der Waals surface area contributed by atoms with Gasteiger partial charge >= 0.3 is 5.97 Å². The van der Waals surface area contributed by atoms with E-state index in [4.69, 9.17) is 24.0 Å². The molecule has 0 radical (unpaired) electrons. The first-order chi connectivity index (χ1) is 18.4. The Labute approximate surface area is 214 Å². The number of esters is 1. The second-order valence-corrected chi connectivity index (χ2v) is 8.41. The maximum atomic E-state index is 12.1. The smallest absolute Gasteiger partial charge is 0.374 e. The molecule has 0 aliphatic carbocycles. The Morgan fingerprint density at radius 2 is 1.92 bits per heavy atom. The SMILES string of the molecule is CCOC(=O)c1ccc(Cn2c3cc([N+](=O)[O-])ccc3c3nn4cc(-c5ccc(OC)cc5)nc4nc32)o1. The van der Waals surface area contributed by atoms with Crippen LogP contribution in [-0.2, 0) is 11.3 Å². The third-order valence-corrected chi connectivity index (χ3v) is 6.13. The number of imidazole rings is 1. The quantitative estimate of drug-likeness (QED) is 0.170. The van der Waals surface area contributed by atoms with Gasteiger partial charge in [-0.3, -0.25) is 10.1 Å². The van der Waals surface area contributed by atoms with Crippen molar-refractivity contribution in [3.05, 3.63) is 82.4 Å². The van der Waals surface area contributed by atoms with Crippen LogP contribution >= 0.6 is 0 Å². The fourth-order valence-corrected chi connectivity index (χ4v) is 4.34. The van der Waals surface area contributed by atoms with Gasteiger partial charge in [-0.15, -0.1) is 0 Å². The van der Waals surface area contributed by atoms with Gasteiger partial charge in [-0.2, -0.15) is 10.1 Å². The second kappa shape index (κ2) is 9.00. The Morgan fingerprint density at radius 1 is 1.11 bits per heavy atom. The molecule has 4 heterocycles. The summed E-state index contributed by atoms with van der Waals surface area (Å²) >= 11 is 0. The molecule has 0 spiro atoms. The second-order valence-electron chi connectivity index (χ2n) is 8.41. The molecular formula is C26H20N6O6. The van der Waals surface area contributed by atoms with E-state index in [1.165, 1.54) is 18.2 Å². The van der Waals surface area contributed by atoms with Crippen molar-refractivity contribution in [3.63, 3.8) is 0 Å². The molecule has 0 N–H and O–H groups in total. The van der Waals surface area contributed by atoms with Crippen LogP contribution in [0.15, 0.2) is 65.2 Å². The van der Waals surface area contributed by atoms with Gasteiger partial charge in [0.15, 0.2) is 5.65 Å². The molecule has 2 aromatic carbocycles. The first-order valence-electron chi connectivity index (χ1n) is 11.7. The zero-order valence-electron chi connectivity index (χ0n) is 20.3. The van der Waals surface area contributed by atoms with Crippen LogP contribution in [0.1, 0.15) is 23.2 Å². The number of nitro benzene ring substituents is 1. The van der Waals surface area contributed by atoms with E-state index in [0.717, 1.165) is 11.3 Å². The number of nitro groups is 1. The van der Waals surface area contributed by atoms with E-state index in [1.54, 1.807) is 41.4 Å². The Hall–Kier alpha value is -5.26. The molecule has 190 valence electrons. The molecule has 12 nitrogen and oxygen atoms in total.